The zero-order valence-corrected chi connectivity index (χ0v) is 15.8. The number of aliphatic hydroxyl groups excluding tert-OH is 1. The zero-order valence-electron chi connectivity index (χ0n) is 15.8. The van der Waals surface area contributed by atoms with Crippen molar-refractivity contribution in [1.82, 2.24) is 4.98 Å². The van der Waals surface area contributed by atoms with Gasteiger partial charge in [0.25, 0.3) is 0 Å². The molecule has 1 aliphatic heterocycles. The van der Waals surface area contributed by atoms with Gasteiger partial charge in [-0.1, -0.05) is 42.5 Å². The maximum absolute atomic E-state index is 10.9. The van der Waals surface area contributed by atoms with E-state index in [9.17, 15) is 5.11 Å². The van der Waals surface area contributed by atoms with Gasteiger partial charge in [-0.25, -0.2) is 0 Å². The van der Waals surface area contributed by atoms with E-state index in [0.717, 1.165) is 46.5 Å². The van der Waals surface area contributed by atoms with Crippen LogP contribution in [0.1, 0.15) is 58.2 Å². The maximum Gasteiger partial charge on any atom is 0.126 e. The number of benzene rings is 2. The molecule has 0 bridgehead atoms. The van der Waals surface area contributed by atoms with Crippen molar-refractivity contribution in [2.75, 3.05) is 0 Å². The minimum absolute atomic E-state index is 0.481. The molecular formula is C25H23NO2. The number of aromatic nitrogens is 1. The summed E-state index contributed by atoms with van der Waals surface area (Å²) in [6.45, 7) is 0.481. The lowest BCUT2D eigenvalue weighted by Crippen LogP contribution is -2.05. The normalized spacial score (nSPS) is 18.0. The number of pyridine rings is 1. The Morgan fingerprint density at radius 1 is 0.893 bits per heavy atom. The van der Waals surface area contributed by atoms with E-state index in [2.05, 4.69) is 24.3 Å². The maximum atomic E-state index is 10.9. The number of hydrogen-bond donors (Lipinski definition) is 1. The van der Waals surface area contributed by atoms with Gasteiger partial charge in [0, 0.05) is 11.3 Å². The van der Waals surface area contributed by atoms with Gasteiger partial charge in [0.15, 0.2) is 0 Å². The topological polar surface area (TPSA) is 42.4 Å². The molecule has 0 radical (unpaired) electrons. The Kier molecular flexibility index (Phi) is 4.46. The molecule has 3 aromatic rings. The molecule has 0 saturated carbocycles. The Balaban J connectivity index is 1.44. The summed E-state index contributed by atoms with van der Waals surface area (Å²) in [4.78, 5) is 4.81. The van der Waals surface area contributed by atoms with Crippen molar-refractivity contribution >= 4 is 12.2 Å². The summed E-state index contributed by atoms with van der Waals surface area (Å²) >= 11 is 0. The highest BCUT2D eigenvalue weighted by Crippen LogP contribution is 2.36. The number of hydrogen-bond acceptors (Lipinski definition) is 3. The number of rotatable bonds is 2. The lowest BCUT2D eigenvalue weighted by molar-refractivity contribution is 0.218. The van der Waals surface area contributed by atoms with E-state index < -0.39 is 6.10 Å². The van der Waals surface area contributed by atoms with Crippen molar-refractivity contribution in [1.29, 1.82) is 0 Å². The smallest absolute Gasteiger partial charge is 0.126 e. The van der Waals surface area contributed by atoms with Crippen LogP contribution in [-0.4, -0.2) is 10.1 Å². The van der Waals surface area contributed by atoms with Crippen LogP contribution < -0.4 is 4.74 Å². The van der Waals surface area contributed by atoms with Crippen LogP contribution >= 0.6 is 0 Å². The predicted molar refractivity (Wildman–Crippen MR) is 111 cm³/mol. The fraction of sp³-hybridized carbons (Fsp3) is 0.240. The minimum Gasteiger partial charge on any atom is -0.488 e. The molecule has 2 aliphatic rings. The van der Waals surface area contributed by atoms with Gasteiger partial charge in [0.05, 0.1) is 5.69 Å². The van der Waals surface area contributed by atoms with E-state index >= 15 is 0 Å². The summed E-state index contributed by atoms with van der Waals surface area (Å²) in [6.07, 6.45) is 8.17. The first-order chi connectivity index (χ1) is 13.8. The van der Waals surface area contributed by atoms with Gasteiger partial charge in [-0.2, -0.15) is 0 Å². The highest BCUT2D eigenvalue weighted by molar-refractivity contribution is 5.69. The van der Waals surface area contributed by atoms with Gasteiger partial charge in [0.1, 0.15) is 18.5 Å². The van der Waals surface area contributed by atoms with Crippen molar-refractivity contribution in [2.24, 2.45) is 0 Å². The molecule has 1 unspecified atom stereocenters. The van der Waals surface area contributed by atoms with E-state index in [1.165, 1.54) is 24.1 Å². The zero-order chi connectivity index (χ0) is 18.9. The van der Waals surface area contributed by atoms with Crippen molar-refractivity contribution in [3.63, 3.8) is 0 Å². The monoisotopic (exact) mass is 369 g/mol. The van der Waals surface area contributed by atoms with Crippen molar-refractivity contribution in [3.8, 4) is 5.75 Å². The number of fused-ring (bicyclic) bond motifs is 3. The molecule has 2 heterocycles. The third kappa shape index (κ3) is 3.23. The quantitative estimate of drug-likeness (QED) is 0.683. The van der Waals surface area contributed by atoms with E-state index in [0.29, 0.717) is 6.61 Å². The van der Waals surface area contributed by atoms with Gasteiger partial charge in [-0.05, 0) is 72.2 Å². The molecule has 1 atom stereocenters. The summed E-state index contributed by atoms with van der Waals surface area (Å²) in [7, 11) is 0. The Morgan fingerprint density at radius 2 is 1.79 bits per heavy atom. The van der Waals surface area contributed by atoms with Crippen LogP contribution in [0, 0.1) is 0 Å². The van der Waals surface area contributed by atoms with Crippen LogP contribution in [0.15, 0.2) is 54.6 Å². The van der Waals surface area contributed by atoms with E-state index in [-0.39, 0.29) is 0 Å². The molecule has 1 aliphatic carbocycles. The summed E-state index contributed by atoms with van der Waals surface area (Å²) < 4.78 is 5.93. The lowest BCUT2D eigenvalue weighted by atomic mass is 9.95. The molecule has 0 fully saturated rings. The van der Waals surface area contributed by atoms with E-state index in [1.54, 1.807) is 0 Å². The first kappa shape index (κ1) is 17.2. The summed E-state index contributed by atoms with van der Waals surface area (Å²) in [6, 6.07) is 18.2. The van der Waals surface area contributed by atoms with E-state index in [1.807, 2.05) is 42.5 Å². The van der Waals surface area contributed by atoms with Gasteiger partial charge in [-0.3, -0.25) is 4.98 Å². The van der Waals surface area contributed by atoms with Crippen LogP contribution in [0.4, 0.5) is 0 Å². The molecule has 1 N–H and O–H groups in total. The van der Waals surface area contributed by atoms with Crippen LogP contribution in [0.25, 0.3) is 12.2 Å². The predicted octanol–water partition coefficient (Wildman–Crippen LogP) is 5.10. The molecule has 0 spiro atoms. The molecule has 3 heteroatoms. The third-order valence-electron chi connectivity index (χ3n) is 5.71. The van der Waals surface area contributed by atoms with Crippen LogP contribution in [0.2, 0.25) is 0 Å². The fourth-order valence-electron chi connectivity index (χ4n) is 4.14. The second-order valence-corrected chi connectivity index (χ2v) is 7.57. The van der Waals surface area contributed by atoms with Gasteiger partial charge in [0.2, 0.25) is 0 Å². The third-order valence-corrected chi connectivity index (χ3v) is 5.71. The summed E-state index contributed by atoms with van der Waals surface area (Å²) in [5, 5.41) is 10.9. The first-order valence-corrected chi connectivity index (χ1v) is 9.97. The molecule has 0 saturated heterocycles. The fourth-order valence-corrected chi connectivity index (χ4v) is 4.14. The minimum atomic E-state index is -0.677. The molecule has 3 nitrogen and oxygen atoms in total. The number of aryl methyl sites for hydroxylation is 2. The first-order valence-electron chi connectivity index (χ1n) is 9.97. The van der Waals surface area contributed by atoms with Crippen molar-refractivity contribution < 1.29 is 9.84 Å². The second kappa shape index (κ2) is 7.25. The summed E-state index contributed by atoms with van der Waals surface area (Å²) in [5.74, 6) is 0.743. The average molecular weight is 369 g/mol. The molecule has 5 rings (SSSR count). The highest BCUT2D eigenvalue weighted by Gasteiger charge is 2.22. The summed E-state index contributed by atoms with van der Waals surface area (Å²) in [5.41, 5.74) is 7.41. The molecular weight excluding hydrogens is 346 g/mol. The molecule has 1 aromatic heterocycles. The second-order valence-electron chi connectivity index (χ2n) is 7.57. The number of ether oxygens (including phenoxy) is 1. The van der Waals surface area contributed by atoms with Gasteiger partial charge >= 0.3 is 0 Å². The number of nitrogens with zero attached hydrogens (tertiary/aromatic N) is 1. The molecule has 0 amide bonds. The molecule has 140 valence electrons. The van der Waals surface area contributed by atoms with Crippen molar-refractivity contribution in [2.45, 2.75) is 38.4 Å². The molecule has 2 aromatic carbocycles. The highest BCUT2D eigenvalue weighted by atomic mass is 16.5. The van der Waals surface area contributed by atoms with Crippen LogP contribution in [-0.2, 0) is 19.4 Å². The van der Waals surface area contributed by atoms with Crippen LogP contribution in [0.3, 0.4) is 0 Å². The number of aliphatic hydroxyl groups is 1. The van der Waals surface area contributed by atoms with Crippen LogP contribution in [0.5, 0.6) is 5.75 Å². The Morgan fingerprint density at radius 3 is 2.75 bits per heavy atom. The van der Waals surface area contributed by atoms with Gasteiger partial charge < -0.3 is 9.84 Å². The Hall–Kier alpha value is -2.91. The molecule has 28 heavy (non-hydrogen) atoms. The standard InChI is InChI=1S/C25H23NO2/c27-25-21-7-3-1-6-19(21)16-28-24-14-10-17(15-22(24)25)9-12-20-13-11-18-5-2-4-8-23(18)26-20/h1,3,6-7,9-15,25,27H,2,4-5,8,16H2. The average Bonchev–Trinajstić information content (AvgIpc) is 2.89. The largest absolute Gasteiger partial charge is 0.488 e. The van der Waals surface area contributed by atoms with E-state index in [4.69, 9.17) is 9.72 Å². The Bertz CT molecular complexity index is 1050. The van der Waals surface area contributed by atoms with Gasteiger partial charge in [-0.15, -0.1) is 0 Å². The van der Waals surface area contributed by atoms with Crippen molar-refractivity contribution in [3.05, 3.63) is 93.8 Å². The lowest BCUT2D eigenvalue weighted by Gasteiger charge is -2.14. The SMILES string of the molecule is OC1c2ccccc2COc2ccc(C=Cc3ccc4c(n3)CCCC4)cc21. The Labute approximate surface area is 165 Å².